The SMILES string of the molecule is Cc1cc(C[C@@H](OC(=O)N2CCC(N3CCc4ccccc4NC3=O)CC2)C(=O)N2CCC(N3CCC(OC(=O)O)CC3)CC2)cc(C)c1O. The normalized spacial score (nSPS) is 20.4. The van der Waals surface area contributed by atoms with Crippen molar-refractivity contribution in [3.05, 3.63) is 58.7 Å². The van der Waals surface area contributed by atoms with Crippen LogP contribution in [0.2, 0.25) is 0 Å². The minimum Gasteiger partial charge on any atom is -0.507 e. The first kappa shape index (κ1) is 35.3. The molecule has 4 heterocycles. The molecule has 2 aromatic rings. The van der Waals surface area contributed by atoms with Crippen LogP contribution in [0.15, 0.2) is 36.4 Å². The van der Waals surface area contributed by atoms with Gasteiger partial charge in [0.25, 0.3) is 5.91 Å². The number of para-hydroxylation sites is 1. The zero-order valence-corrected chi connectivity index (χ0v) is 29.0. The van der Waals surface area contributed by atoms with Gasteiger partial charge in [0.1, 0.15) is 11.9 Å². The Bertz CT molecular complexity index is 1540. The van der Waals surface area contributed by atoms with Gasteiger partial charge < -0.3 is 39.7 Å². The highest BCUT2D eigenvalue weighted by atomic mass is 16.7. The van der Waals surface area contributed by atoms with E-state index in [1.807, 2.05) is 55.1 Å². The first-order chi connectivity index (χ1) is 24.0. The second-order valence-corrected chi connectivity index (χ2v) is 14.1. The Kier molecular flexibility index (Phi) is 11.0. The number of hydrogen-bond acceptors (Lipinski definition) is 8. The molecule has 0 unspecified atom stereocenters. The van der Waals surface area contributed by atoms with Crippen molar-refractivity contribution in [2.45, 2.75) is 89.5 Å². The molecule has 3 fully saturated rings. The first-order valence-electron chi connectivity index (χ1n) is 17.9. The summed E-state index contributed by atoms with van der Waals surface area (Å²) in [5, 5.41) is 22.3. The monoisotopic (exact) mass is 691 g/mol. The van der Waals surface area contributed by atoms with Gasteiger partial charge in [-0.3, -0.25) is 9.69 Å². The molecule has 2 aromatic carbocycles. The van der Waals surface area contributed by atoms with Gasteiger partial charge in [-0.15, -0.1) is 0 Å². The van der Waals surface area contributed by atoms with E-state index in [-0.39, 0.29) is 42.3 Å². The Morgan fingerprint density at radius 3 is 2.14 bits per heavy atom. The van der Waals surface area contributed by atoms with Crippen molar-refractivity contribution in [3.63, 3.8) is 0 Å². The molecule has 0 spiro atoms. The van der Waals surface area contributed by atoms with E-state index in [1.165, 1.54) is 0 Å². The largest absolute Gasteiger partial charge is 0.507 e. The lowest BCUT2D eigenvalue weighted by Crippen LogP contribution is -2.53. The lowest BCUT2D eigenvalue weighted by molar-refractivity contribution is -0.142. The highest BCUT2D eigenvalue weighted by Gasteiger charge is 2.37. The number of amides is 4. The topological polar surface area (TPSA) is 152 Å². The highest BCUT2D eigenvalue weighted by Crippen LogP contribution is 2.28. The van der Waals surface area contributed by atoms with E-state index in [0.29, 0.717) is 69.5 Å². The first-order valence-corrected chi connectivity index (χ1v) is 17.9. The van der Waals surface area contributed by atoms with Crippen LogP contribution in [0, 0.1) is 13.8 Å². The van der Waals surface area contributed by atoms with Gasteiger partial charge in [-0.25, -0.2) is 14.4 Å². The van der Waals surface area contributed by atoms with E-state index in [1.54, 1.807) is 9.80 Å². The van der Waals surface area contributed by atoms with Crippen molar-refractivity contribution in [1.29, 1.82) is 0 Å². The Morgan fingerprint density at radius 1 is 0.860 bits per heavy atom. The molecule has 0 saturated carbocycles. The molecule has 1 atom stereocenters. The minimum atomic E-state index is -1.24. The quantitative estimate of drug-likeness (QED) is 0.349. The molecule has 270 valence electrons. The van der Waals surface area contributed by atoms with Crippen LogP contribution in [0.25, 0.3) is 0 Å². The summed E-state index contributed by atoms with van der Waals surface area (Å²) < 4.78 is 11.0. The molecule has 0 radical (unpaired) electrons. The molecular formula is C37H49N5O8. The Labute approximate surface area is 293 Å². The van der Waals surface area contributed by atoms with Crippen LogP contribution in [0.5, 0.6) is 5.75 Å². The molecule has 4 aliphatic heterocycles. The average molecular weight is 692 g/mol. The molecular weight excluding hydrogens is 642 g/mol. The van der Waals surface area contributed by atoms with Crippen molar-refractivity contribution in [3.8, 4) is 5.75 Å². The summed E-state index contributed by atoms with van der Waals surface area (Å²) in [6, 6.07) is 11.6. The minimum absolute atomic E-state index is 0.00878. The van der Waals surface area contributed by atoms with E-state index in [4.69, 9.17) is 14.6 Å². The summed E-state index contributed by atoms with van der Waals surface area (Å²) >= 11 is 0. The third-order valence-electron chi connectivity index (χ3n) is 10.8. The number of rotatable bonds is 7. The van der Waals surface area contributed by atoms with Crippen LogP contribution >= 0.6 is 0 Å². The number of benzene rings is 2. The van der Waals surface area contributed by atoms with Gasteiger partial charge in [-0.1, -0.05) is 30.3 Å². The van der Waals surface area contributed by atoms with Crippen molar-refractivity contribution in [2.24, 2.45) is 0 Å². The maximum atomic E-state index is 14.1. The number of anilines is 1. The number of piperidine rings is 3. The number of aryl methyl sites for hydroxylation is 2. The van der Waals surface area contributed by atoms with Crippen molar-refractivity contribution < 1.29 is 38.9 Å². The van der Waals surface area contributed by atoms with Crippen molar-refractivity contribution in [2.75, 3.05) is 51.1 Å². The molecule has 4 aliphatic rings. The van der Waals surface area contributed by atoms with Crippen LogP contribution in [-0.2, 0) is 27.1 Å². The number of fused-ring (bicyclic) bond motifs is 1. The number of hydrogen-bond donors (Lipinski definition) is 3. The fourth-order valence-electron chi connectivity index (χ4n) is 8.01. The van der Waals surface area contributed by atoms with Crippen LogP contribution in [0.1, 0.15) is 60.8 Å². The summed E-state index contributed by atoms with van der Waals surface area (Å²) in [4.78, 5) is 59.3. The summed E-state index contributed by atoms with van der Waals surface area (Å²) in [5.74, 6) is -0.0245. The predicted molar refractivity (Wildman–Crippen MR) is 185 cm³/mol. The number of carboxylic acid groups (broad SMARTS) is 1. The predicted octanol–water partition coefficient (Wildman–Crippen LogP) is 4.76. The fraction of sp³-hybridized carbons (Fsp3) is 0.568. The van der Waals surface area contributed by atoms with Crippen molar-refractivity contribution in [1.82, 2.24) is 19.6 Å². The Hall–Kier alpha value is -4.52. The molecule has 13 heteroatoms. The summed E-state index contributed by atoms with van der Waals surface area (Å²) in [6.45, 7) is 7.62. The number of nitrogens with zero attached hydrogens (tertiary/aromatic N) is 4. The van der Waals surface area contributed by atoms with E-state index >= 15 is 0 Å². The van der Waals surface area contributed by atoms with E-state index in [9.17, 15) is 24.3 Å². The van der Waals surface area contributed by atoms with Gasteiger partial charge in [0.05, 0.1) is 0 Å². The average Bonchev–Trinajstić information content (AvgIpc) is 3.28. The third-order valence-corrected chi connectivity index (χ3v) is 10.8. The fourth-order valence-corrected chi connectivity index (χ4v) is 8.01. The van der Waals surface area contributed by atoms with Crippen LogP contribution in [0.3, 0.4) is 0 Å². The maximum Gasteiger partial charge on any atom is 0.506 e. The number of urea groups is 1. The summed E-state index contributed by atoms with van der Waals surface area (Å²) in [7, 11) is 0. The highest BCUT2D eigenvalue weighted by molar-refractivity contribution is 5.91. The number of carbonyl (C=O) groups excluding carboxylic acids is 3. The molecule has 0 bridgehead atoms. The maximum absolute atomic E-state index is 14.1. The van der Waals surface area contributed by atoms with Crippen LogP contribution in [0.4, 0.5) is 20.1 Å². The number of phenols is 1. The molecule has 50 heavy (non-hydrogen) atoms. The van der Waals surface area contributed by atoms with Crippen molar-refractivity contribution >= 4 is 29.9 Å². The zero-order valence-electron chi connectivity index (χ0n) is 29.0. The van der Waals surface area contributed by atoms with Crippen LogP contribution in [-0.4, -0.2) is 124 Å². The third kappa shape index (κ3) is 8.26. The molecule has 4 amide bonds. The van der Waals surface area contributed by atoms with E-state index in [2.05, 4.69) is 10.2 Å². The number of likely N-dealkylation sites (tertiary alicyclic amines) is 3. The van der Waals surface area contributed by atoms with Gasteiger partial charge in [-0.2, -0.15) is 0 Å². The molecule has 3 N–H and O–H groups in total. The lowest BCUT2D eigenvalue weighted by Gasteiger charge is -2.42. The zero-order chi connectivity index (χ0) is 35.4. The second-order valence-electron chi connectivity index (χ2n) is 14.1. The van der Waals surface area contributed by atoms with E-state index in [0.717, 1.165) is 49.2 Å². The number of ether oxygens (including phenoxy) is 2. The van der Waals surface area contributed by atoms with Gasteiger partial charge in [0, 0.05) is 70.0 Å². The molecule has 13 nitrogen and oxygen atoms in total. The number of carbonyl (C=O) groups is 4. The lowest BCUT2D eigenvalue weighted by atomic mass is 9.97. The van der Waals surface area contributed by atoms with Gasteiger partial charge in [-0.05, 0) is 87.1 Å². The number of phenolic OH excluding ortho intramolecular Hbond substituents is 1. The molecule has 0 aliphatic carbocycles. The van der Waals surface area contributed by atoms with Gasteiger partial charge >= 0.3 is 18.3 Å². The second kappa shape index (κ2) is 15.6. The Balaban J connectivity index is 1.06. The van der Waals surface area contributed by atoms with E-state index < -0.39 is 18.4 Å². The summed E-state index contributed by atoms with van der Waals surface area (Å²) in [5.41, 5.74) is 4.14. The molecule has 3 saturated heterocycles. The van der Waals surface area contributed by atoms with Gasteiger partial charge in [0.2, 0.25) is 0 Å². The molecule has 6 rings (SSSR count). The standard InChI is InChI=1S/C37H49N5O8/c1-24-21-26(22-25(2)33(24)43)23-32(34(44)40-14-8-28(9-15-40)39-18-12-30(13-19-39)49-37(47)48)50-36(46)41-16-10-29(11-17-41)42-20-7-27-5-3-4-6-31(27)38-35(42)45/h3-6,21-22,28-30,32,43H,7-20,23H2,1-2H3,(H,38,45)(H,47,48)/t32-/m1/s1. The molecule has 0 aromatic heterocycles. The smallest absolute Gasteiger partial charge is 0.506 e. The van der Waals surface area contributed by atoms with Crippen LogP contribution < -0.4 is 5.32 Å². The summed E-state index contributed by atoms with van der Waals surface area (Å²) in [6.07, 6.45) is 1.96. The van der Waals surface area contributed by atoms with Gasteiger partial charge in [0.15, 0.2) is 6.10 Å². The number of nitrogens with one attached hydrogen (secondary N) is 1. The number of aromatic hydroxyl groups is 1. The Morgan fingerprint density at radius 2 is 1.48 bits per heavy atom.